The second-order valence-electron chi connectivity index (χ2n) is 6.63. The molecule has 12 heteroatoms. The lowest BCUT2D eigenvalue weighted by molar-refractivity contribution is -0.123. The van der Waals surface area contributed by atoms with E-state index in [0.29, 0.717) is 5.69 Å². The Morgan fingerprint density at radius 3 is 2.23 bits per heavy atom. The Hall–Kier alpha value is -3.15. The lowest BCUT2D eigenvalue weighted by Gasteiger charge is -2.14. The van der Waals surface area contributed by atoms with Crippen LogP contribution in [0, 0.1) is 12.7 Å². The van der Waals surface area contributed by atoms with E-state index in [1.807, 2.05) is 0 Å². The van der Waals surface area contributed by atoms with Gasteiger partial charge in [0.1, 0.15) is 12.4 Å². The van der Waals surface area contributed by atoms with Crippen molar-refractivity contribution in [3.05, 3.63) is 53.3 Å². The van der Waals surface area contributed by atoms with Crippen molar-refractivity contribution in [1.82, 2.24) is 5.32 Å². The van der Waals surface area contributed by atoms with E-state index >= 15 is 0 Å². The fourth-order valence-electron chi connectivity index (χ4n) is 2.44. The molecule has 168 valence electrons. The van der Waals surface area contributed by atoms with Gasteiger partial charge >= 0.3 is 6.18 Å². The van der Waals surface area contributed by atoms with Gasteiger partial charge in [-0.15, -0.1) is 0 Å². The minimum atomic E-state index is -4.61. The Morgan fingerprint density at radius 2 is 1.68 bits per heavy atom. The van der Waals surface area contributed by atoms with E-state index < -0.39 is 40.2 Å². The molecular weight excluding hydrogens is 442 g/mol. The average molecular weight is 461 g/mol. The molecule has 2 amide bonds. The lowest BCUT2D eigenvalue weighted by Crippen LogP contribution is -2.33. The zero-order valence-corrected chi connectivity index (χ0v) is 17.2. The van der Waals surface area contributed by atoms with Gasteiger partial charge in [0.25, 0.3) is 5.91 Å². The van der Waals surface area contributed by atoms with E-state index in [1.165, 1.54) is 31.2 Å². The zero-order valence-electron chi connectivity index (χ0n) is 16.4. The third kappa shape index (κ3) is 7.24. The van der Waals surface area contributed by atoms with Crippen LogP contribution in [0.25, 0.3) is 0 Å². The summed E-state index contributed by atoms with van der Waals surface area (Å²) in [5.74, 6) is -2.51. The highest BCUT2D eigenvalue weighted by Gasteiger charge is 2.28. The topological polar surface area (TPSA) is 104 Å². The third-order valence-corrected chi connectivity index (χ3v) is 5.19. The molecule has 2 rings (SSSR count). The summed E-state index contributed by atoms with van der Waals surface area (Å²) in [5, 5.41) is 6.78. The predicted molar refractivity (Wildman–Crippen MR) is 106 cm³/mol. The number of carbonyl (C=O) groups is 2. The Bertz CT molecular complexity index is 1080. The van der Waals surface area contributed by atoms with E-state index in [4.69, 9.17) is 0 Å². The molecule has 31 heavy (non-hydrogen) atoms. The second kappa shape index (κ2) is 9.33. The average Bonchev–Trinajstić information content (AvgIpc) is 2.66. The summed E-state index contributed by atoms with van der Waals surface area (Å²) in [6.07, 6.45) is -3.57. The molecule has 0 atom stereocenters. The van der Waals surface area contributed by atoms with Crippen molar-refractivity contribution in [2.75, 3.05) is 30.0 Å². The van der Waals surface area contributed by atoms with Crippen LogP contribution in [0.15, 0.2) is 41.3 Å². The summed E-state index contributed by atoms with van der Waals surface area (Å²) in [4.78, 5) is 24.0. The van der Waals surface area contributed by atoms with Crippen LogP contribution in [0.5, 0.6) is 0 Å². The van der Waals surface area contributed by atoms with Crippen molar-refractivity contribution in [2.45, 2.75) is 18.0 Å². The number of benzene rings is 2. The normalized spacial score (nSPS) is 11.7. The predicted octanol–water partition coefficient (Wildman–Crippen LogP) is 2.88. The molecule has 0 aliphatic heterocycles. The van der Waals surface area contributed by atoms with Crippen LogP contribution in [0.2, 0.25) is 0 Å². The largest absolute Gasteiger partial charge is 0.405 e. The molecule has 0 saturated carbocycles. The summed E-state index contributed by atoms with van der Waals surface area (Å²) >= 11 is 0. The van der Waals surface area contributed by atoms with Gasteiger partial charge in [-0.1, -0.05) is 0 Å². The highest BCUT2D eigenvalue weighted by atomic mass is 32.2. The molecule has 2 aromatic carbocycles. The van der Waals surface area contributed by atoms with Gasteiger partial charge in [-0.05, 0) is 43.3 Å². The molecule has 0 spiro atoms. The van der Waals surface area contributed by atoms with Gasteiger partial charge in [-0.25, -0.2) is 12.8 Å². The summed E-state index contributed by atoms with van der Waals surface area (Å²) in [6.45, 7) is -0.538. The van der Waals surface area contributed by atoms with Crippen LogP contribution in [-0.4, -0.2) is 45.8 Å². The number of hydrogen-bond acceptors (Lipinski definition) is 5. The summed E-state index contributed by atoms with van der Waals surface area (Å²) in [6, 6.07) is 7.37. The van der Waals surface area contributed by atoms with E-state index in [1.54, 1.807) is 5.32 Å². The first-order valence-electron chi connectivity index (χ1n) is 8.75. The minimum absolute atomic E-state index is 0.0553. The SMILES string of the molecule is Cc1c(F)cc(C(=O)NCC(F)(F)F)cc1NCC(=O)Nc1ccc(S(C)(=O)=O)cc1. The van der Waals surface area contributed by atoms with Crippen molar-refractivity contribution in [1.29, 1.82) is 0 Å². The van der Waals surface area contributed by atoms with E-state index in [9.17, 15) is 35.6 Å². The fraction of sp³-hybridized carbons (Fsp3) is 0.263. The van der Waals surface area contributed by atoms with Crippen molar-refractivity contribution >= 4 is 33.0 Å². The monoisotopic (exact) mass is 461 g/mol. The maximum absolute atomic E-state index is 14.1. The number of sulfone groups is 1. The Kier molecular flexibility index (Phi) is 7.26. The first-order chi connectivity index (χ1) is 14.3. The van der Waals surface area contributed by atoms with Crippen molar-refractivity contribution in [2.24, 2.45) is 0 Å². The van der Waals surface area contributed by atoms with Crippen LogP contribution in [0.1, 0.15) is 15.9 Å². The molecule has 7 nitrogen and oxygen atoms in total. The molecule has 2 aromatic rings. The first-order valence-corrected chi connectivity index (χ1v) is 10.6. The first kappa shape index (κ1) is 24.1. The number of rotatable bonds is 7. The number of carbonyl (C=O) groups excluding carboxylic acids is 2. The van der Waals surface area contributed by atoms with Crippen LogP contribution in [0.4, 0.5) is 28.9 Å². The maximum atomic E-state index is 14.1. The quantitative estimate of drug-likeness (QED) is 0.550. The second-order valence-corrected chi connectivity index (χ2v) is 8.64. The molecule has 0 heterocycles. The van der Waals surface area contributed by atoms with E-state index in [2.05, 4.69) is 10.6 Å². The van der Waals surface area contributed by atoms with Crippen LogP contribution < -0.4 is 16.0 Å². The summed E-state index contributed by atoms with van der Waals surface area (Å²) in [5.41, 5.74) is 0.103. The number of hydrogen-bond donors (Lipinski definition) is 3. The standard InChI is InChI=1S/C19H19F4N3O4S/c1-11-15(20)7-12(18(28)25-10-19(21,22)23)8-16(11)24-9-17(27)26-13-3-5-14(6-4-13)31(2,29)30/h3-8,24H,9-10H2,1-2H3,(H,25,28)(H,26,27). The van der Waals surface area contributed by atoms with Crippen molar-refractivity contribution in [3.8, 4) is 0 Å². The number of nitrogens with one attached hydrogen (secondary N) is 3. The number of amides is 2. The van der Waals surface area contributed by atoms with E-state index in [0.717, 1.165) is 18.4 Å². The lowest BCUT2D eigenvalue weighted by atomic mass is 10.1. The van der Waals surface area contributed by atoms with Crippen LogP contribution in [-0.2, 0) is 14.6 Å². The molecule has 0 aliphatic rings. The van der Waals surface area contributed by atoms with Gasteiger partial charge < -0.3 is 16.0 Å². The molecular formula is C19H19F4N3O4S. The van der Waals surface area contributed by atoms with Gasteiger partial charge in [0.05, 0.1) is 11.4 Å². The molecule has 0 bridgehead atoms. The van der Waals surface area contributed by atoms with Gasteiger partial charge in [-0.3, -0.25) is 9.59 Å². The smallest absolute Gasteiger partial charge is 0.376 e. The van der Waals surface area contributed by atoms with Gasteiger partial charge in [0, 0.05) is 28.8 Å². The number of anilines is 2. The van der Waals surface area contributed by atoms with Crippen molar-refractivity contribution in [3.63, 3.8) is 0 Å². The maximum Gasteiger partial charge on any atom is 0.405 e. The Labute approximate surface area is 175 Å². The molecule has 0 fully saturated rings. The van der Waals surface area contributed by atoms with Gasteiger partial charge in [0.15, 0.2) is 9.84 Å². The minimum Gasteiger partial charge on any atom is -0.376 e. The molecule has 0 aromatic heterocycles. The highest BCUT2D eigenvalue weighted by Crippen LogP contribution is 2.21. The van der Waals surface area contributed by atoms with Gasteiger partial charge in [0.2, 0.25) is 5.91 Å². The number of halogens is 4. The van der Waals surface area contributed by atoms with Crippen LogP contribution >= 0.6 is 0 Å². The number of alkyl halides is 3. The van der Waals surface area contributed by atoms with Crippen molar-refractivity contribution < 1.29 is 35.6 Å². The summed E-state index contributed by atoms with van der Waals surface area (Å²) < 4.78 is 73.7. The Morgan fingerprint density at radius 1 is 1.06 bits per heavy atom. The molecule has 3 N–H and O–H groups in total. The van der Waals surface area contributed by atoms with Gasteiger partial charge in [-0.2, -0.15) is 13.2 Å². The van der Waals surface area contributed by atoms with Crippen LogP contribution in [0.3, 0.4) is 0 Å². The zero-order chi connectivity index (χ0) is 23.4. The molecule has 0 aliphatic carbocycles. The van der Waals surface area contributed by atoms with E-state index in [-0.39, 0.29) is 28.3 Å². The third-order valence-electron chi connectivity index (χ3n) is 4.06. The fourth-order valence-corrected chi connectivity index (χ4v) is 3.07. The highest BCUT2D eigenvalue weighted by molar-refractivity contribution is 7.90. The Balaban J connectivity index is 2.04. The molecule has 0 unspecified atom stereocenters. The molecule has 0 radical (unpaired) electrons. The summed E-state index contributed by atoms with van der Waals surface area (Å²) in [7, 11) is -3.38. The molecule has 0 saturated heterocycles.